The van der Waals surface area contributed by atoms with Gasteiger partial charge >= 0.3 is 0 Å². The summed E-state index contributed by atoms with van der Waals surface area (Å²) < 4.78 is 10.8. The van der Waals surface area contributed by atoms with Gasteiger partial charge < -0.3 is 19.5 Å². The Labute approximate surface area is 191 Å². The number of piperidine rings is 1. The minimum atomic E-state index is -0.936. The van der Waals surface area contributed by atoms with E-state index in [9.17, 15) is 5.11 Å². The van der Waals surface area contributed by atoms with Gasteiger partial charge in [-0.3, -0.25) is 0 Å². The molecule has 7 heteroatoms. The number of benzene rings is 2. The molecule has 0 aliphatic carbocycles. The Morgan fingerprint density at radius 3 is 2.28 bits per heavy atom. The molecule has 3 heterocycles. The number of aliphatic hydroxyl groups is 1. The first-order valence-electron chi connectivity index (χ1n) is 10.6. The van der Waals surface area contributed by atoms with Crippen LogP contribution in [0.25, 0.3) is 20.7 Å². The van der Waals surface area contributed by atoms with Crippen LogP contribution in [-0.4, -0.2) is 42.4 Å². The second-order valence-corrected chi connectivity index (χ2v) is 9.04. The Balaban J connectivity index is 1.41. The number of hydrogen-bond acceptors (Lipinski definition) is 7. The summed E-state index contributed by atoms with van der Waals surface area (Å²) in [4.78, 5) is 13.5. The smallest absolute Gasteiger partial charge is 0.140 e. The van der Waals surface area contributed by atoms with Gasteiger partial charge in [-0.2, -0.15) is 0 Å². The second kappa shape index (κ2) is 8.41. The molecule has 1 N–H and O–H groups in total. The van der Waals surface area contributed by atoms with Gasteiger partial charge in [0.2, 0.25) is 0 Å². The lowest BCUT2D eigenvalue weighted by atomic mass is 9.84. The number of anilines is 1. The summed E-state index contributed by atoms with van der Waals surface area (Å²) in [6.07, 6.45) is 2.81. The molecule has 6 nitrogen and oxygen atoms in total. The number of ether oxygens (including phenoxy) is 2. The summed E-state index contributed by atoms with van der Waals surface area (Å²) in [5.41, 5.74) is 1.07. The third-order valence-electron chi connectivity index (χ3n) is 6.15. The maximum atomic E-state index is 11.4. The maximum absolute atomic E-state index is 11.4. The summed E-state index contributed by atoms with van der Waals surface area (Å²) in [6.45, 7) is 1.39. The maximum Gasteiger partial charge on any atom is 0.140 e. The van der Waals surface area contributed by atoms with Crippen LogP contribution in [0.15, 0.2) is 60.9 Å². The number of hydrogen-bond donors (Lipinski definition) is 1. The monoisotopic (exact) mass is 447 g/mol. The molecule has 2 aromatic heterocycles. The number of fused-ring (bicyclic) bond motifs is 1. The minimum absolute atomic E-state index is 0.588. The van der Waals surface area contributed by atoms with E-state index in [2.05, 4.69) is 33.1 Å². The summed E-state index contributed by atoms with van der Waals surface area (Å²) in [5.74, 6) is 2.29. The van der Waals surface area contributed by atoms with Crippen LogP contribution in [0.2, 0.25) is 0 Å². The molecule has 2 aromatic carbocycles. The van der Waals surface area contributed by atoms with Crippen molar-refractivity contribution in [3.05, 3.63) is 66.5 Å². The van der Waals surface area contributed by atoms with Crippen LogP contribution in [0, 0.1) is 0 Å². The van der Waals surface area contributed by atoms with Crippen molar-refractivity contribution < 1.29 is 14.6 Å². The van der Waals surface area contributed by atoms with Crippen LogP contribution in [-0.2, 0) is 5.60 Å². The molecule has 1 saturated heterocycles. The van der Waals surface area contributed by atoms with Gasteiger partial charge in [0.15, 0.2) is 0 Å². The summed E-state index contributed by atoms with van der Waals surface area (Å²) in [5, 5.41) is 12.5. The lowest BCUT2D eigenvalue weighted by Crippen LogP contribution is -2.43. The average molecular weight is 448 g/mol. The first kappa shape index (κ1) is 20.7. The molecule has 1 fully saturated rings. The molecule has 0 amide bonds. The van der Waals surface area contributed by atoms with E-state index in [4.69, 9.17) is 9.47 Å². The van der Waals surface area contributed by atoms with E-state index >= 15 is 0 Å². The van der Waals surface area contributed by atoms with Gasteiger partial charge in [-0.25, -0.2) is 9.97 Å². The van der Waals surface area contributed by atoms with Gasteiger partial charge in [0, 0.05) is 24.0 Å². The third-order valence-corrected chi connectivity index (χ3v) is 7.24. The molecule has 0 radical (unpaired) electrons. The van der Waals surface area contributed by atoms with E-state index in [1.807, 2.05) is 36.4 Å². The number of nitrogens with zero attached hydrogens (tertiary/aromatic N) is 3. The highest BCUT2D eigenvalue weighted by molar-refractivity contribution is 7.21. The first-order valence-corrected chi connectivity index (χ1v) is 11.4. The number of thiophene rings is 1. The van der Waals surface area contributed by atoms with Crippen molar-refractivity contribution in [2.75, 3.05) is 32.2 Å². The minimum Gasteiger partial charge on any atom is -0.497 e. The molecule has 0 atom stereocenters. The Morgan fingerprint density at radius 2 is 1.62 bits per heavy atom. The lowest BCUT2D eigenvalue weighted by molar-refractivity contribution is 0.0113. The number of aromatic nitrogens is 2. The van der Waals surface area contributed by atoms with Crippen molar-refractivity contribution in [1.29, 1.82) is 0 Å². The van der Waals surface area contributed by atoms with Gasteiger partial charge in [-0.15, -0.1) is 11.3 Å². The molecule has 0 spiro atoms. The van der Waals surface area contributed by atoms with Crippen LogP contribution >= 0.6 is 11.3 Å². The molecule has 164 valence electrons. The van der Waals surface area contributed by atoms with Gasteiger partial charge in [0.25, 0.3) is 0 Å². The van der Waals surface area contributed by atoms with E-state index in [1.165, 1.54) is 10.4 Å². The van der Waals surface area contributed by atoms with Crippen molar-refractivity contribution in [2.45, 2.75) is 18.4 Å². The quantitative estimate of drug-likeness (QED) is 0.471. The highest BCUT2D eigenvalue weighted by atomic mass is 32.1. The van der Waals surface area contributed by atoms with E-state index < -0.39 is 5.60 Å². The summed E-state index contributed by atoms with van der Waals surface area (Å²) in [6, 6.07) is 18.1. The molecule has 32 heavy (non-hydrogen) atoms. The van der Waals surface area contributed by atoms with Gasteiger partial charge in [-0.1, -0.05) is 30.3 Å². The largest absolute Gasteiger partial charge is 0.497 e. The van der Waals surface area contributed by atoms with Crippen molar-refractivity contribution in [3.63, 3.8) is 0 Å². The lowest BCUT2D eigenvalue weighted by Gasteiger charge is -2.39. The SMILES string of the molecule is COc1cc(OC)cc(C2(O)CCN(c3ncnc4sc(-c5ccccc5)cc34)CC2)c1. The van der Waals surface area contributed by atoms with Crippen LogP contribution in [0.3, 0.4) is 0 Å². The van der Waals surface area contributed by atoms with Crippen LogP contribution in [0.4, 0.5) is 5.82 Å². The summed E-state index contributed by atoms with van der Waals surface area (Å²) >= 11 is 1.68. The van der Waals surface area contributed by atoms with Crippen molar-refractivity contribution in [3.8, 4) is 21.9 Å². The zero-order chi connectivity index (χ0) is 22.1. The van der Waals surface area contributed by atoms with Gasteiger partial charge in [0.05, 0.1) is 25.2 Å². The van der Waals surface area contributed by atoms with Gasteiger partial charge in [-0.05, 0) is 42.2 Å². The highest BCUT2D eigenvalue weighted by Gasteiger charge is 2.35. The van der Waals surface area contributed by atoms with Crippen LogP contribution in [0.1, 0.15) is 18.4 Å². The fourth-order valence-corrected chi connectivity index (χ4v) is 5.29. The molecule has 5 rings (SSSR count). The predicted molar refractivity (Wildman–Crippen MR) is 128 cm³/mol. The first-order chi connectivity index (χ1) is 15.6. The predicted octanol–water partition coefficient (Wildman–Crippen LogP) is 4.86. The zero-order valence-corrected chi connectivity index (χ0v) is 18.9. The third kappa shape index (κ3) is 3.78. The Hall–Kier alpha value is -3.16. The molecule has 0 bridgehead atoms. The highest BCUT2D eigenvalue weighted by Crippen LogP contribution is 2.40. The normalized spacial score (nSPS) is 15.7. The molecule has 0 unspecified atom stereocenters. The van der Waals surface area contributed by atoms with Crippen molar-refractivity contribution >= 4 is 27.4 Å². The van der Waals surface area contributed by atoms with Crippen LogP contribution in [0.5, 0.6) is 11.5 Å². The van der Waals surface area contributed by atoms with E-state index in [0.29, 0.717) is 37.4 Å². The molecule has 4 aromatic rings. The molecule has 1 aliphatic rings. The number of rotatable bonds is 5. The Kier molecular flexibility index (Phi) is 5.45. The fraction of sp³-hybridized carbons (Fsp3) is 0.280. The Bertz CT molecular complexity index is 1210. The van der Waals surface area contributed by atoms with E-state index in [1.54, 1.807) is 31.9 Å². The number of methoxy groups -OCH3 is 2. The summed E-state index contributed by atoms with van der Waals surface area (Å²) in [7, 11) is 3.24. The van der Waals surface area contributed by atoms with Gasteiger partial charge in [0.1, 0.15) is 28.5 Å². The average Bonchev–Trinajstić information content (AvgIpc) is 3.29. The fourth-order valence-electron chi connectivity index (χ4n) is 4.29. The van der Waals surface area contributed by atoms with E-state index in [-0.39, 0.29) is 0 Å². The zero-order valence-electron chi connectivity index (χ0n) is 18.1. The molecule has 1 aliphatic heterocycles. The van der Waals surface area contributed by atoms with Crippen LogP contribution < -0.4 is 14.4 Å². The standard InChI is InChI=1S/C25H25N3O3S/c1-30-19-12-18(13-20(14-19)31-2)25(29)8-10-28(11-9-25)23-21-15-22(17-6-4-3-5-7-17)32-24(21)27-16-26-23/h3-7,12-16,29H,8-11H2,1-2H3. The van der Waals surface area contributed by atoms with E-state index in [0.717, 1.165) is 21.6 Å². The molecular weight excluding hydrogens is 422 g/mol. The second-order valence-electron chi connectivity index (χ2n) is 8.01. The molecular formula is C25H25N3O3S. The van der Waals surface area contributed by atoms with Crippen molar-refractivity contribution in [1.82, 2.24) is 9.97 Å². The molecule has 0 saturated carbocycles. The van der Waals surface area contributed by atoms with Crippen molar-refractivity contribution in [2.24, 2.45) is 0 Å². The Morgan fingerprint density at radius 1 is 0.938 bits per heavy atom. The topological polar surface area (TPSA) is 67.7 Å².